The number of fused-ring (bicyclic) bond motifs is 5. The van der Waals surface area contributed by atoms with Gasteiger partial charge in [-0.05, 0) is 36.4 Å². The van der Waals surface area contributed by atoms with E-state index in [1.165, 1.54) is 0 Å². The first-order valence-electron chi connectivity index (χ1n) is 13.2. The molecule has 5 aromatic heterocycles. The SMILES string of the molecule is c1ccc(-c2cc(-c3ccccc3)nc(-c3ccc(-n4c5ccccc5c5nc6ccccn6c54)cn3)n2)cc1. The van der Waals surface area contributed by atoms with Gasteiger partial charge >= 0.3 is 0 Å². The summed E-state index contributed by atoms with van der Waals surface area (Å²) in [6.07, 6.45) is 3.94. The number of hydrogen-bond donors (Lipinski definition) is 0. The summed E-state index contributed by atoms with van der Waals surface area (Å²) in [4.78, 5) is 19.7. The van der Waals surface area contributed by atoms with Gasteiger partial charge in [-0.25, -0.2) is 15.0 Å². The van der Waals surface area contributed by atoms with E-state index in [1.54, 1.807) is 0 Å². The molecule has 188 valence electrons. The standard InChI is InChI=1S/C34H22N6/c1-3-11-23(12-4-1)28-21-29(24-13-5-2-6-14-24)37-33(36-28)27-19-18-25(22-35-27)40-30-16-8-7-15-26(30)32-34(40)39-20-10-9-17-31(39)38-32/h1-22H. The lowest BCUT2D eigenvalue weighted by molar-refractivity contribution is 1.07. The van der Waals surface area contributed by atoms with E-state index >= 15 is 0 Å². The molecule has 0 spiro atoms. The fourth-order valence-corrected chi connectivity index (χ4v) is 5.35. The number of hydrogen-bond acceptors (Lipinski definition) is 4. The molecule has 6 nitrogen and oxygen atoms in total. The highest BCUT2D eigenvalue weighted by atomic mass is 15.2. The van der Waals surface area contributed by atoms with Crippen molar-refractivity contribution in [3.8, 4) is 39.7 Å². The van der Waals surface area contributed by atoms with E-state index in [0.29, 0.717) is 11.5 Å². The number of benzene rings is 3. The van der Waals surface area contributed by atoms with Gasteiger partial charge in [0.25, 0.3) is 0 Å². The summed E-state index contributed by atoms with van der Waals surface area (Å²) < 4.78 is 4.35. The molecule has 0 aliphatic heterocycles. The van der Waals surface area contributed by atoms with E-state index in [2.05, 4.69) is 69.8 Å². The molecule has 0 aliphatic rings. The highest BCUT2D eigenvalue weighted by Crippen LogP contribution is 2.33. The molecule has 0 amide bonds. The number of rotatable bonds is 4. The van der Waals surface area contributed by atoms with Crippen LogP contribution in [0, 0.1) is 0 Å². The third kappa shape index (κ3) is 3.58. The van der Waals surface area contributed by atoms with Crippen molar-refractivity contribution in [2.45, 2.75) is 0 Å². The average molecular weight is 515 g/mol. The Labute approximate surface area is 229 Å². The molecule has 0 fully saturated rings. The minimum atomic E-state index is 0.587. The number of aromatic nitrogens is 6. The molecule has 5 heterocycles. The lowest BCUT2D eigenvalue weighted by Crippen LogP contribution is -2.00. The van der Waals surface area contributed by atoms with Crippen LogP contribution < -0.4 is 0 Å². The number of imidazole rings is 1. The third-order valence-corrected chi connectivity index (χ3v) is 7.22. The zero-order valence-electron chi connectivity index (χ0n) is 21.4. The summed E-state index contributed by atoms with van der Waals surface area (Å²) in [7, 11) is 0. The lowest BCUT2D eigenvalue weighted by Gasteiger charge is -2.11. The van der Waals surface area contributed by atoms with Gasteiger partial charge < -0.3 is 0 Å². The Morgan fingerprint density at radius 1 is 0.550 bits per heavy atom. The van der Waals surface area contributed by atoms with Crippen LogP contribution in [0.25, 0.3) is 67.4 Å². The molecule has 0 radical (unpaired) electrons. The number of nitrogens with zero attached hydrogens (tertiary/aromatic N) is 6. The van der Waals surface area contributed by atoms with E-state index in [9.17, 15) is 0 Å². The Morgan fingerprint density at radius 3 is 1.93 bits per heavy atom. The summed E-state index contributed by atoms with van der Waals surface area (Å²) in [6.45, 7) is 0. The zero-order valence-corrected chi connectivity index (χ0v) is 21.4. The quantitative estimate of drug-likeness (QED) is 0.242. The average Bonchev–Trinajstić information content (AvgIpc) is 3.57. The predicted octanol–water partition coefficient (Wildman–Crippen LogP) is 7.62. The van der Waals surface area contributed by atoms with Crippen molar-refractivity contribution in [2.75, 3.05) is 0 Å². The van der Waals surface area contributed by atoms with Crippen molar-refractivity contribution < 1.29 is 0 Å². The maximum Gasteiger partial charge on any atom is 0.179 e. The largest absolute Gasteiger partial charge is 0.292 e. The van der Waals surface area contributed by atoms with Crippen LogP contribution in [0.3, 0.4) is 0 Å². The van der Waals surface area contributed by atoms with Crippen LogP contribution in [0.1, 0.15) is 0 Å². The molecule has 0 atom stereocenters. The molecule has 0 N–H and O–H groups in total. The summed E-state index contributed by atoms with van der Waals surface area (Å²) in [5.74, 6) is 0.587. The van der Waals surface area contributed by atoms with Gasteiger partial charge in [0.15, 0.2) is 11.5 Å². The van der Waals surface area contributed by atoms with Crippen LogP contribution in [0.15, 0.2) is 134 Å². The van der Waals surface area contributed by atoms with E-state index in [0.717, 1.165) is 55.9 Å². The second-order valence-electron chi connectivity index (χ2n) is 9.66. The fraction of sp³-hybridized carbons (Fsp3) is 0. The second-order valence-corrected chi connectivity index (χ2v) is 9.66. The molecule has 0 unspecified atom stereocenters. The smallest absolute Gasteiger partial charge is 0.179 e. The summed E-state index contributed by atoms with van der Waals surface area (Å²) in [5, 5.41) is 1.11. The molecule has 40 heavy (non-hydrogen) atoms. The van der Waals surface area contributed by atoms with Gasteiger partial charge in [0.2, 0.25) is 0 Å². The van der Waals surface area contributed by atoms with E-state index in [1.807, 2.05) is 72.9 Å². The van der Waals surface area contributed by atoms with Crippen LogP contribution in [0.2, 0.25) is 0 Å². The fourth-order valence-electron chi connectivity index (χ4n) is 5.35. The molecule has 0 saturated heterocycles. The number of para-hydroxylation sites is 1. The molecule has 0 bridgehead atoms. The number of pyridine rings is 2. The van der Waals surface area contributed by atoms with Crippen LogP contribution in [0.5, 0.6) is 0 Å². The van der Waals surface area contributed by atoms with Gasteiger partial charge in [-0.15, -0.1) is 0 Å². The van der Waals surface area contributed by atoms with Crippen LogP contribution >= 0.6 is 0 Å². The molecule has 8 rings (SSSR count). The first kappa shape index (κ1) is 22.4. The molecule has 0 saturated carbocycles. The molecule has 8 aromatic rings. The Morgan fingerprint density at radius 2 is 1.23 bits per heavy atom. The Hall–Kier alpha value is -5.62. The van der Waals surface area contributed by atoms with Crippen LogP contribution in [-0.2, 0) is 0 Å². The maximum absolute atomic E-state index is 4.93. The van der Waals surface area contributed by atoms with Gasteiger partial charge in [-0.3, -0.25) is 14.0 Å². The normalized spacial score (nSPS) is 11.5. The van der Waals surface area contributed by atoms with E-state index < -0.39 is 0 Å². The minimum absolute atomic E-state index is 0.587. The van der Waals surface area contributed by atoms with Crippen molar-refractivity contribution in [3.05, 3.63) is 134 Å². The van der Waals surface area contributed by atoms with Crippen molar-refractivity contribution in [2.24, 2.45) is 0 Å². The van der Waals surface area contributed by atoms with Crippen molar-refractivity contribution >= 4 is 27.7 Å². The molecular weight excluding hydrogens is 492 g/mol. The highest BCUT2D eigenvalue weighted by Gasteiger charge is 2.18. The van der Waals surface area contributed by atoms with Gasteiger partial charge in [-0.2, -0.15) is 0 Å². The molecular formula is C34H22N6. The molecule has 0 aliphatic carbocycles. The lowest BCUT2D eigenvalue weighted by atomic mass is 10.1. The van der Waals surface area contributed by atoms with Gasteiger partial charge in [0.05, 0.1) is 28.8 Å². The first-order valence-corrected chi connectivity index (χ1v) is 13.2. The van der Waals surface area contributed by atoms with E-state index in [-0.39, 0.29) is 0 Å². The monoisotopic (exact) mass is 514 g/mol. The van der Waals surface area contributed by atoms with Crippen molar-refractivity contribution in [1.29, 1.82) is 0 Å². The second kappa shape index (κ2) is 8.99. The zero-order chi connectivity index (χ0) is 26.5. The van der Waals surface area contributed by atoms with Crippen molar-refractivity contribution in [1.82, 2.24) is 28.9 Å². The summed E-state index contributed by atoms with van der Waals surface area (Å²) >= 11 is 0. The third-order valence-electron chi connectivity index (χ3n) is 7.22. The Bertz CT molecular complexity index is 2080. The maximum atomic E-state index is 4.93. The van der Waals surface area contributed by atoms with Crippen molar-refractivity contribution in [3.63, 3.8) is 0 Å². The molecule has 3 aromatic carbocycles. The minimum Gasteiger partial charge on any atom is -0.292 e. The Balaban J connectivity index is 1.29. The Kier molecular flexibility index (Phi) is 5.03. The molecule has 6 heteroatoms. The highest BCUT2D eigenvalue weighted by molar-refractivity contribution is 6.07. The van der Waals surface area contributed by atoms with Crippen LogP contribution in [-0.4, -0.2) is 28.9 Å². The van der Waals surface area contributed by atoms with Crippen LogP contribution in [0.4, 0.5) is 0 Å². The van der Waals surface area contributed by atoms with Gasteiger partial charge in [0.1, 0.15) is 16.9 Å². The topological polar surface area (TPSA) is 60.9 Å². The van der Waals surface area contributed by atoms with Gasteiger partial charge in [0, 0.05) is 22.7 Å². The predicted molar refractivity (Wildman–Crippen MR) is 159 cm³/mol. The van der Waals surface area contributed by atoms with E-state index in [4.69, 9.17) is 19.9 Å². The van der Waals surface area contributed by atoms with Gasteiger partial charge in [-0.1, -0.05) is 84.9 Å². The summed E-state index contributed by atoms with van der Waals surface area (Å²) in [6, 6.07) is 40.9. The summed E-state index contributed by atoms with van der Waals surface area (Å²) in [5.41, 5.74) is 9.43. The first-order chi connectivity index (χ1) is 19.8.